The van der Waals surface area contributed by atoms with Crippen LogP contribution in [0.4, 0.5) is 0 Å². The first-order valence-corrected chi connectivity index (χ1v) is 10.3. The summed E-state index contributed by atoms with van der Waals surface area (Å²) in [6, 6.07) is 18.4. The van der Waals surface area contributed by atoms with Gasteiger partial charge in [-0.05, 0) is 38.0 Å². The summed E-state index contributed by atoms with van der Waals surface area (Å²) in [6.45, 7) is 6.13. The largest absolute Gasteiger partial charge is 0.444 e. The van der Waals surface area contributed by atoms with Crippen molar-refractivity contribution in [3.05, 3.63) is 77.7 Å². The summed E-state index contributed by atoms with van der Waals surface area (Å²) in [7, 11) is 1.75. The van der Waals surface area contributed by atoms with Crippen molar-refractivity contribution >= 4 is 5.96 Å². The molecule has 6 nitrogen and oxygen atoms in total. The molecule has 3 rings (SSSR count). The minimum absolute atomic E-state index is 0.0959. The third-order valence-corrected chi connectivity index (χ3v) is 4.76. The number of nitrogens with zero attached hydrogens (tertiary/aromatic N) is 2. The van der Waals surface area contributed by atoms with Crippen LogP contribution in [-0.2, 0) is 11.3 Å². The SMILES string of the molecule is CN=C(NCCCOC(C)c1ccccc1)NCc1coc(-c2ccc(C)cc2)n1. The predicted molar refractivity (Wildman–Crippen MR) is 120 cm³/mol. The highest BCUT2D eigenvalue weighted by atomic mass is 16.5. The van der Waals surface area contributed by atoms with E-state index >= 15 is 0 Å². The Morgan fingerprint density at radius 2 is 1.87 bits per heavy atom. The average molecular weight is 407 g/mol. The summed E-state index contributed by atoms with van der Waals surface area (Å²) in [6.07, 6.45) is 2.66. The van der Waals surface area contributed by atoms with E-state index in [9.17, 15) is 0 Å². The van der Waals surface area contributed by atoms with Gasteiger partial charge in [0.2, 0.25) is 5.89 Å². The summed E-state index contributed by atoms with van der Waals surface area (Å²) < 4.78 is 11.5. The molecule has 0 bridgehead atoms. The molecule has 0 radical (unpaired) electrons. The normalized spacial score (nSPS) is 12.6. The lowest BCUT2D eigenvalue weighted by Crippen LogP contribution is -2.37. The molecule has 2 N–H and O–H groups in total. The Morgan fingerprint density at radius 3 is 2.60 bits per heavy atom. The number of aryl methyl sites for hydroxylation is 1. The van der Waals surface area contributed by atoms with E-state index in [4.69, 9.17) is 9.15 Å². The minimum atomic E-state index is 0.0959. The predicted octanol–water partition coefficient (Wildman–Crippen LogP) is 4.48. The molecule has 0 saturated carbocycles. The van der Waals surface area contributed by atoms with E-state index in [0.29, 0.717) is 19.0 Å². The maximum absolute atomic E-state index is 5.90. The van der Waals surface area contributed by atoms with Crippen LogP contribution in [0.5, 0.6) is 0 Å². The standard InChI is InChI=1S/C24H30N4O2/c1-18-10-12-21(13-11-18)23-28-22(17-30-23)16-27-24(25-3)26-14-7-15-29-19(2)20-8-5-4-6-9-20/h4-6,8-13,17,19H,7,14-16H2,1-3H3,(H2,25,26,27). The summed E-state index contributed by atoms with van der Waals surface area (Å²) in [5.74, 6) is 1.35. The third kappa shape index (κ3) is 6.46. The number of hydrogen-bond donors (Lipinski definition) is 2. The fraction of sp³-hybridized carbons (Fsp3) is 0.333. The monoisotopic (exact) mass is 406 g/mol. The first kappa shape index (κ1) is 21.6. The lowest BCUT2D eigenvalue weighted by molar-refractivity contribution is 0.0646. The van der Waals surface area contributed by atoms with Gasteiger partial charge in [-0.15, -0.1) is 0 Å². The Bertz CT molecular complexity index is 920. The molecule has 0 spiro atoms. The van der Waals surface area contributed by atoms with Gasteiger partial charge in [0, 0.05) is 25.8 Å². The van der Waals surface area contributed by atoms with E-state index < -0.39 is 0 Å². The van der Waals surface area contributed by atoms with Crippen molar-refractivity contribution in [1.29, 1.82) is 0 Å². The Labute approximate surface area is 178 Å². The van der Waals surface area contributed by atoms with E-state index in [-0.39, 0.29) is 6.10 Å². The molecule has 0 aliphatic heterocycles. The topological polar surface area (TPSA) is 71.7 Å². The van der Waals surface area contributed by atoms with Gasteiger partial charge >= 0.3 is 0 Å². The van der Waals surface area contributed by atoms with Crippen LogP contribution >= 0.6 is 0 Å². The number of benzene rings is 2. The molecular formula is C24H30N4O2. The van der Waals surface area contributed by atoms with Gasteiger partial charge in [0.05, 0.1) is 18.3 Å². The van der Waals surface area contributed by atoms with Crippen LogP contribution in [0.2, 0.25) is 0 Å². The molecule has 3 aromatic rings. The second-order valence-corrected chi connectivity index (χ2v) is 7.14. The van der Waals surface area contributed by atoms with Gasteiger partial charge in [0.25, 0.3) is 0 Å². The van der Waals surface area contributed by atoms with Crippen LogP contribution in [0.15, 0.2) is 70.3 Å². The van der Waals surface area contributed by atoms with Gasteiger partial charge in [0.1, 0.15) is 6.26 Å². The number of hydrogen-bond acceptors (Lipinski definition) is 4. The number of nitrogens with one attached hydrogen (secondary N) is 2. The zero-order chi connectivity index (χ0) is 21.2. The first-order chi connectivity index (χ1) is 14.7. The van der Waals surface area contributed by atoms with Crippen molar-refractivity contribution in [2.75, 3.05) is 20.2 Å². The molecule has 30 heavy (non-hydrogen) atoms. The highest BCUT2D eigenvalue weighted by molar-refractivity contribution is 5.79. The molecule has 1 unspecified atom stereocenters. The molecule has 1 atom stereocenters. The van der Waals surface area contributed by atoms with Gasteiger partial charge in [-0.3, -0.25) is 4.99 Å². The lowest BCUT2D eigenvalue weighted by atomic mass is 10.1. The van der Waals surface area contributed by atoms with Crippen molar-refractivity contribution in [2.45, 2.75) is 32.9 Å². The summed E-state index contributed by atoms with van der Waals surface area (Å²) in [4.78, 5) is 8.80. The number of oxazole rings is 1. The summed E-state index contributed by atoms with van der Waals surface area (Å²) in [5.41, 5.74) is 4.20. The minimum Gasteiger partial charge on any atom is -0.444 e. The molecule has 1 aromatic heterocycles. The molecule has 0 saturated heterocycles. The van der Waals surface area contributed by atoms with Crippen molar-refractivity contribution in [2.24, 2.45) is 4.99 Å². The Kier molecular flexibility index (Phi) is 8.03. The Morgan fingerprint density at radius 1 is 1.10 bits per heavy atom. The van der Waals surface area contributed by atoms with Crippen molar-refractivity contribution < 1.29 is 9.15 Å². The average Bonchev–Trinajstić information content (AvgIpc) is 3.25. The fourth-order valence-electron chi connectivity index (χ4n) is 2.97. The lowest BCUT2D eigenvalue weighted by Gasteiger charge is -2.14. The van der Waals surface area contributed by atoms with Gasteiger partial charge in [0.15, 0.2) is 5.96 Å². The van der Waals surface area contributed by atoms with Crippen molar-refractivity contribution in [3.8, 4) is 11.5 Å². The third-order valence-electron chi connectivity index (χ3n) is 4.76. The van der Waals surface area contributed by atoms with E-state index in [1.165, 1.54) is 11.1 Å². The van der Waals surface area contributed by atoms with Gasteiger partial charge < -0.3 is 19.8 Å². The van der Waals surface area contributed by atoms with Crippen molar-refractivity contribution in [1.82, 2.24) is 15.6 Å². The zero-order valence-electron chi connectivity index (χ0n) is 17.9. The van der Waals surface area contributed by atoms with E-state index in [1.807, 2.05) is 42.5 Å². The fourth-order valence-corrected chi connectivity index (χ4v) is 2.97. The van der Waals surface area contributed by atoms with Crippen LogP contribution in [0.3, 0.4) is 0 Å². The maximum Gasteiger partial charge on any atom is 0.226 e. The molecule has 0 aliphatic carbocycles. The molecule has 2 aromatic carbocycles. The Balaban J connectivity index is 1.36. The highest BCUT2D eigenvalue weighted by Gasteiger charge is 2.08. The summed E-state index contributed by atoms with van der Waals surface area (Å²) >= 11 is 0. The maximum atomic E-state index is 5.90. The number of ether oxygens (including phenoxy) is 1. The van der Waals surface area contributed by atoms with Crippen LogP contribution in [0.25, 0.3) is 11.5 Å². The van der Waals surface area contributed by atoms with Gasteiger partial charge in [-0.1, -0.05) is 48.0 Å². The van der Waals surface area contributed by atoms with Gasteiger partial charge in [-0.2, -0.15) is 0 Å². The summed E-state index contributed by atoms with van der Waals surface area (Å²) in [5, 5.41) is 6.56. The molecule has 0 aliphatic rings. The first-order valence-electron chi connectivity index (χ1n) is 10.3. The molecule has 1 heterocycles. The quantitative estimate of drug-likeness (QED) is 0.311. The van der Waals surface area contributed by atoms with E-state index in [0.717, 1.165) is 30.2 Å². The highest BCUT2D eigenvalue weighted by Crippen LogP contribution is 2.19. The number of aromatic nitrogens is 1. The second kappa shape index (κ2) is 11.2. The van der Waals surface area contributed by atoms with Crippen molar-refractivity contribution in [3.63, 3.8) is 0 Å². The second-order valence-electron chi connectivity index (χ2n) is 7.14. The van der Waals surface area contributed by atoms with Crippen LogP contribution in [-0.4, -0.2) is 31.1 Å². The van der Waals surface area contributed by atoms with Crippen LogP contribution in [0, 0.1) is 6.92 Å². The molecule has 158 valence electrons. The van der Waals surface area contributed by atoms with Gasteiger partial charge in [-0.25, -0.2) is 4.98 Å². The van der Waals surface area contributed by atoms with Crippen LogP contribution < -0.4 is 10.6 Å². The van der Waals surface area contributed by atoms with Crippen LogP contribution in [0.1, 0.15) is 36.3 Å². The molecule has 0 amide bonds. The molecule has 6 heteroatoms. The molecular weight excluding hydrogens is 376 g/mol. The zero-order valence-corrected chi connectivity index (χ0v) is 17.9. The molecule has 0 fully saturated rings. The van der Waals surface area contributed by atoms with E-state index in [2.05, 4.69) is 46.6 Å². The number of rotatable bonds is 9. The Hall–Kier alpha value is -3.12. The van der Waals surface area contributed by atoms with E-state index in [1.54, 1.807) is 13.3 Å². The number of guanidine groups is 1. The smallest absolute Gasteiger partial charge is 0.226 e. The number of aliphatic imine (C=N–C) groups is 1.